The summed E-state index contributed by atoms with van der Waals surface area (Å²) in [5, 5.41) is 13.0. The summed E-state index contributed by atoms with van der Waals surface area (Å²) in [5.41, 5.74) is 4.56. The van der Waals surface area contributed by atoms with Gasteiger partial charge in [-0.05, 0) is 49.9 Å². The first kappa shape index (κ1) is 21.6. The van der Waals surface area contributed by atoms with E-state index in [0.717, 1.165) is 18.7 Å². The molecule has 158 valence electrons. The number of hydrogen-bond acceptors (Lipinski definition) is 6. The largest absolute Gasteiger partial charge is 0.493 e. The topological polar surface area (TPSA) is 102 Å². The van der Waals surface area contributed by atoms with Crippen LogP contribution in [0.25, 0.3) is 0 Å². The summed E-state index contributed by atoms with van der Waals surface area (Å²) in [6.45, 7) is 2.20. The maximum Gasteiger partial charge on any atom is 0.302 e. The van der Waals surface area contributed by atoms with Gasteiger partial charge in [-0.15, -0.1) is 0 Å². The van der Waals surface area contributed by atoms with Gasteiger partial charge in [-0.25, -0.2) is 0 Å². The molecule has 0 saturated carbocycles. The lowest BCUT2D eigenvalue weighted by molar-refractivity contribution is -0.385. The van der Waals surface area contributed by atoms with E-state index in [1.807, 2.05) is 23.2 Å². The van der Waals surface area contributed by atoms with E-state index in [0.29, 0.717) is 19.3 Å². The highest BCUT2D eigenvalue weighted by Crippen LogP contribution is 2.35. The number of para-hydroxylation sites is 1. The minimum absolute atomic E-state index is 0.0849. The van der Waals surface area contributed by atoms with Crippen LogP contribution in [0.1, 0.15) is 42.1 Å². The number of ketones is 1. The number of nitrogens with zero attached hydrogens (tertiary/aromatic N) is 2. The summed E-state index contributed by atoms with van der Waals surface area (Å²) < 4.78 is 5.58. The van der Waals surface area contributed by atoms with E-state index in [4.69, 9.17) is 16.3 Å². The predicted octanol–water partition coefficient (Wildman–Crippen LogP) is 4.09. The lowest BCUT2D eigenvalue weighted by Gasteiger charge is -2.20. The number of amides is 1. The number of fused-ring (bicyclic) bond motifs is 1. The van der Waals surface area contributed by atoms with E-state index >= 15 is 0 Å². The first-order chi connectivity index (χ1) is 14.4. The molecule has 0 atom stereocenters. The molecule has 0 aromatic heterocycles. The van der Waals surface area contributed by atoms with Crippen LogP contribution >= 0.6 is 11.6 Å². The van der Waals surface area contributed by atoms with Crippen molar-refractivity contribution in [3.8, 4) is 5.75 Å². The van der Waals surface area contributed by atoms with E-state index in [2.05, 4.69) is 11.5 Å². The molecule has 0 spiro atoms. The number of nitro groups is 1. The van der Waals surface area contributed by atoms with Crippen LogP contribution in [0.3, 0.4) is 0 Å². The molecule has 1 aliphatic rings. The van der Waals surface area contributed by atoms with E-state index in [-0.39, 0.29) is 28.8 Å². The van der Waals surface area contributed by atoms with Crippen molar-refractivity contribution >= 4 is 34.7 Å². The highest BCUT2D eigenvalue weighted by molar-refractivity contribution is 6.33. The molecule has 1 N–H and O–H groups in total. The zero-order valence-corrected chi connectivity index (χ0v) is 17.3. The molecule has 1 aliphatic heterocycles. The molecular weight excluding hydrogens is 410 g/mol. The second-order valence-corrected chi connectivity index (χ2v) is 7.36. The van der Waals surface area contributed by atoms with Gasteiger partial charge < -0.3 is 4.74 Å². The van der Waals surface area contributed by atoms with Gasteiger partial charge in [-0.3, -0.25) is 30.1 Å². The molecular formula is C21H22ClN3O5. The number of halogens is 1. The molecule has 2 aromatic rings. The number of Topliss-reactive ketones (excluding diaryl/α,β-unsaturated/α-hetero) is 1. The number of nitrogens with one attached hydrogen (secondary N) is 1. The van der Waals surface area contributed by atoms with Crippen LogP contribution < -0.4 is 15.2 Å². The lowest BCUT2D eigenvalue weighted by atomic mass is 10.1. The second kappa shape index (κ2) is 9.58. The Bertz CT molecular complexity index is 979. The Morgan fingerprint density at radius 3 is 2.73 bits per heavy atom. The number of unbranched alkanes of at least 4 members (excludes halogenated alkanes) is 1. The molecule has 0 radical (unpaired) electrons. The van der Waals surface area contributed by atoms with Crippen molar-refractivity contribution < 1.29 is 19.2 Å². The number of carbonyl (C=O) groups is 2. The molecule has 3 rings (SSSR count). The van der Waals surface area contributed by atoms with Crippen LogP contribution in [0.5, 0.6) is 5.75 Å². The zero-order valence-electron chi connectivity index (χ0n) is 16.5. The van der Waals surface area contributed by atoms with E-state index < -0.39 is 16.4 Å². The smallest absolute Gasteiger partial charge is 0.302 e. The number of ether oxygens (including phenoxy) is 1. The minimum Gasteiger partial charge on any atom is -0.493 e. The first-order valence-corrected chi connectivity index (χ1v) is 10.0. The summed E-state index contributed by atoms with van der Waals surface area (Å²) in [5.74, 6) is -0.459. The normalized spacial score (nSPS) is 12.4. The third-order valence-corrected chi connectivity index (χ3v) is 5.13. The Hall–Kier alpha value is -3.13. The van der Waals surface area contributed by atoms with Crippen LogP contribution in [-0.4, -0.2) is 29.8 Å². The summed E-state index contributed by atoms with van der Waals surface area (Å²) in [4.78, 5) is 34.6. The third-order valence-electron chi connectivity index (χ3n) is 4.83. The van der Waals surface area contributed by atoms with E-state index in [9.17, 15) is 19.7 Å². The minimum atomic E-state index is -0.688. The maximum absolute atomic E-state index is 12.2. The lowest BCUT2D eigenvalue weighted by Crippen LogP contribution is -2.41. The SMILES string of the molecule is CC(=O)c1c(OCCCCC(=O)NN2CCc3ccccc32)ccc(Cl)c1[N+](=O)[O-]. The molecule has 8 nitrogen and oxygen atoms in total. The average molecular weight is 432 g/mol. The standard InChI is InChI=1S/C21H22ClN3O5/c1-14(26)20-18(10-9-16(22)21(20)25(28)29)30-13-5-4-8-19(27)23-24-12-11-15-6-2-3-7-17(15)24/h2-3,6-7,9-10H,4-5,8,11-13H2,1H3,(H,23,27). The number of anilines is 1. The fourth-order valence-electron chi connectivity index (χ4n) is 3.42. The first-order valence-electron chi connectivity index (χ1n) is 9.64. The molecule has 2 aromatic carbocycles. The Kier molecular flexibility index (Phi) is 6.89. The monoisotopic (exact) mass is 431 g/mol. The van der Waals surface area contributed by atoms with Crippen molar-refractivity contribution in [3.63, 3.8) is 0 Å². The van der Waals surface area contributed by atoms with Gasteiger partial charge >= 0.3 is 5.69 Å². The summed E-state index contributed by atoms with van der Waals surface area (Å²) in [6, 6.07) is 10.7. The van der Waals surface area contributed by atoms with Crippen molar-refractivity contribution in [1.82, 2.24) is 5.43 Å². The number of benzene rings is 2. The van der Waals surface area contributed by atoms with Gasteiger partial charge in [0, 0.05) is 13.0 Å². The van der Waals surface area contributed by atoms with Crippen molar-refractivity contribution in [2.75, 3.05) is 18.2 Å². The highest BCUT2D eigenvalue weighted by atomic mass is 35.5. The number of rotatable bonds is 9. The molecule has 0 fully saturated rings. The summed E-state index contributed by atoms with van der Waals surface area (Å²) in [7, 11) is 0. The molecule has 9 heteroatoms. The van der Waals surface area contributed by atoms with Crippen LogP contribution in [0, 0.1) is 10.1 Å². The average Bonchev–Trinajstić information content (AvgIpc) is 3.10. The number of nitro benzene ring substituents is 1. The van der Waals surface area contributed by atoms with Crippen molar-refractivity contribution in [3.05, 3.63) is 62.7 Å². The van der Waals surface area contributed by atoms with E-state index in [1.54, 1.807) is 0 Å². The highest BCUT2D eigenvalue weighted by Gasteiger charge is 2.26. The van der Waals surface area contributed by atoms with Gasteiger partial charge in [0.1, 0.15) is 16.3 Å². The fraction of sp³-hybridized carbons (Fsp3) is 0.333. The van der Waals surface area contributed by atoms with Gasteiger partial charge in [0.2, 0.25) is 5.91 Å². The van der Waals surface area contributed by atoms with Gasteiger partial charge in [-0.2, -0.15) is 0 Å². The predicted molar refractivity (Wildman–Crippen MR) is 113 cm³/mol. The van der Waals surface area contributed by atoms with Gasteiger partial charge in [0.05, 0.1) is 17.2 Å². The summed E-state index contributed by atoms with van der Waals surface area (Å²) >= 11 is 5.86. The molecule has 0 unspecified atom stereocenters. The Morgan fingerprint density at radius 2 is 2.00 bits per heavy atom. The van der Waals surface area contributed by atoms with Crippen molar-refractivity contribution in [2.24, 2.45) is 0 Å². The van der Waals surface area contributed by atoms with Crippen LogP contribution in [0.2, 0.25) is 5.02 Å². The quantitative estimate of drug-likeness (QED) is 0.277. The Labute approximate surface area is 178 Å². The Balaban J connectivity index is 1.48. The molecule has 30 heavy (non-hydrogen) atoms. The molecule has 1 heterocycles. The second-order valence-electron chi connectivity index (χ2n) is 6.95. The van der Waals surface area contributed by atoms with Crippen LogP contribution in [-0.2, 0) is 11.2 Å². The van der Waals surface area contributed by atoms with Crippen molar-refractivity contribution in [2.45, 2.75) is 32.6 Å². The maximum atomic E-state index is 12.2. The fourth-order valence-corrected chi connectivity index (χ4v) is 3.64. The van der Waals surface area contributed by atoms with Gasteiger partial charge in [0.25, 0.3) is 0 Å². The number of hydrogen-bond donors (Lipinski definition) is 1. The third kappa shape index (κ3) is 4.88. The van der Waals surface area contributed by atoms with Crippen molar-refractivity contribution in [1.29, 1.82) is 0 Å². The van der Waals surface area contributed by atoms with Crippen LogP contribution in [0.15, 0.2) is 36.4 Å². The van der Waals surface area contributed by atoms with Crippen LogP contribution in [0.4, 0.5) is 11.4 Å². The zero-order chi connectivity index (χ0) is 21.7. The molecule has 0 saturated heterocycles. The van der Waals surface area contributed by atoms with Gasteiger partial charge in [0.15, 0.2) is 5.78 Å². The molecule has 1 amide bonds. The van der Waals surface area contributed by atoms with Gasteiger partial charge in [-0.1, -0.05) is 29.8 Å². The number of carbonyl (C=O) groups excluding carboxylic acids is 2. The Morgan fingerprint density at radius 1 is 1.23 bits per heavy atom. The summed E-state index contributed by atoms with van der Waals surface area (Å²) in [6.07, 6.45) is 2.35. The molecule has 0 bridgehead atoms. The molecule has 0 aliphatic carbocycles. The van der Waals surface area contributed by atoms with E-state index in [1.165, 1.54) is 24.6 Å². The number of hydrazine groups is 1.